The predicted molar refractivity (Wildman–Crippen MR) is 118 cm³/mol. The van der Waals surface area contributed by atoms with Crippen molar-refractivity contribution in [3.63, 3.8) is 0 Å². The molecule has 30 heavy (non-hydrogen) atoms. The number of aromatic nitrogens is 3. The molecule has 2 aromatic carbocycles. The zero-order valence-electron chi connectivity index (χ0n) is 17.0. The normalized spacial score (nSPS) is 10.8. The topological polar surface area (TPSA) is 69.0 Å². The van der Waals surface area contributed by atoms with Gasteiger partial charge in [-0.15, -0.1) is 11.3 Å². The van der Waals surface area contributed by atoms with Gasteiger partial charge in [-0.2, -0.15) is 5.10 Å². The molecular weight excluding hydrogens is 396 g/mol. The number of benzene rings is 2. The SMILES string of the molecule is COc1cccc(-c2nn(-c3ccc(C)cc3)cc2C(=O)NCc2nc(C)cs2)c1. The van der Waals surface area contributed by atoms with Gasteiger partial charge in [0.25, 0.3) is 5.91 Å². The number of aryl methyl sites for hydroxylation is 2. The molecule has 1 N–H and O–H groups in total. The Labute approximate surface area is 179 Å². The molecule has 0 atom stereocenters. The van der Waals surface area contributed by atoms with Gasteiger partial charge in [0.05, 0.1) is 24.9 Å². The number of carbonyl (C=O) groups is 1. The van der Waals surface area contributed by atoms with E-state index in [1.54, 1.807) is 18.0 Å². The summed E-state index contributed by atoms with van der Waals surface area (Å²) in [5.41, 5.74) is 4.92. The molecule has 7 heteroatoms. The molecule has 0 fully saturated rings. The summed E-state index contributed by atoms with van der Waals surface area (Å²) in [6, 6.07) is 15.6. The molecule has 2 aromatic heterocycles. The Morgan fingerprint density at radius 3 is 2.67 bits per heavy atom. The van der Waals surface area contributed by atoms with Crippen LogP contribution in [0, 0.1) is 13.8 Å². The fourth-order valence-corrected chi connectivity index (χ4v) is 3.80. The lowest BCUT2D eigenvalue weighted by atomic mass is 10.1. The summed E-state index contributed by atoms with van der Waals surface area (Å²) in [6.07, 6.45) is 1.77. The molecule has 1 amide bonds. The van der Waals surface area contributed by atoms with Gasteiger partial charge in [-0.25, -0.2) is 9.67 Å². The third-order valence-electron chi connectivity index (χ3n) is 4.67. The van der Waals surface area contributed by atoms with E-state index in [0.717, 1.165) is 27.5 Å². The van der Waals surface area contributed by atoms with Crippen molar-refractivity contribution in [1.82, 2.24) is 20.1 Å². The quantitative estimate of drug-likeness (QED) is 0.499. The second-order valence-corrected chi connectivity index (χ2v) is 7.91. The van der Waals surface area contributed by atoms with Crippen molar-refractivity contribution in [3.05, 3.63) is 81.9 Å². The Hall–Kier alpha value is -3.45. The highest BCUT2D eigenvalue weighted by atomic mass is 32.1. The van der Waals surface area contributed by atoms with Gasteiger partial charge in [-0.3, -0.25) is 4.79 Å². The highest BCUT2D eigenvalue weighted by Gasteiger charge is 2.19. The smallest absolute Gasteiger partial charge is 0.255 e. The van der Waals surface area contributed by atoms with E-state index in [9.17, 15) is 4.79 Å². The number of methoxy groups -OCH3 is 1. The molecule has 6 nitrogen and oxygen atoms in total. The summed E-state index contributed by atoms with van der Waals surface area (Å²) in [5, 5.41) is 10.5. The fourth-order valence-electron chi connectivity index (χ4n) is 3.09. The molecule has 0 spiro atoms. The molecule has 4 rings (SSSR count). The molecule has 0 bridgehead atoms. The van der Waals surface area contributed by atoms with Crippen LogP contribution < -0.4 is 10.1 Å². The summed E-state index contributed by atoms with van der Waals surface area (Å²) in [4.78, 5) is 17.5. The molecule has 0 aliphatic rings. The molecule has 2 heterocycles. The van der Waals surface area contributed by atoms with Crippen LogP contribution in [-0.2, 0) is 6.54 Å². The van der Waals surface area contributed by atoms with Crippen LogP contribution in [-0.4, -0.2) is 27.8 Å². The largest absolute Gasteiger partial charge is 0.497 e. The number of hydrogen-bond donors (Lipinski definition) is 1. The van der Waals surface area contributed by atoms with E-state index in [1.807, 2.05) is 67.8 Å². The first-order valence-electron chi connectivity index (χ1n) is 9.54. The average molecular weight is 419 g/mol. The molecule has 0 aliphatic carbocycles. The number of hydrogen-bond acceptors (Lipinski definition) is 5. The Balaban J connectivity index is 1.70. The van der Waals surface area contributed by atoms with E-state index in [4.69, 9.17) is 9.84 Å². The van der Waals surface area contributed by atoms with Crippen molar-refractivity contribution < 1.29 is 9.53 Å². The number of rotatable bonds is 6. The van der Waals surface area contributed by atoms with E-state index >= 15 is 0 Å². The predicted octanol–water partition coefficient (Wildman–Crippen LogP) is 4.55. The number of nitrogens with one attached hydrogen (secondary N) is 1. The van der Waals surface area contributed by atoms with Crippen LogP contribution in [0.3, 0.4) is 0 Å². The zero-order chi connectivity index (χ0) is 21.1. The van der Waals surface area contributed by atoms with Crippen LogP contribution in [0.2, 0.25) is 0 Å². The number of carbonyl (C=O) groups excluding carboxylic acids is 1. The summed E-state index contributed by atoms with van der Waals surface area (Å²) in [5.74, 6) is 0.515. The second kappa shape index (κ2) is 8.51. The lowest BCUT2D eigenvalue weighted by molar-refractivity contribution is 0.0951. The van der Waals surface area contributed by atoms with Gasteiger partial charge < -0.3 is 10.1 Å². The van der Waals surface area contributed by atoms with Gasteiger partial charge in [0.1, 0.15) is 16.5 Å². The molecule has 0 radical (unpaired) electrons. The Morgan fingerprint density at radius 2 is 1.97 bits per heavy atom. The van der Waals surface area contributed by atoms with Crippen molar-refractivity contribution in [2.24, 2.45) is 0 Å². The highest BCUT2D eigenvalue weighted by Crippen LogP contribution is 2.27. The Morgan fingerprint density at radius 1 is 1.17 bits per heavy atom. The second-order valence-electron chi connectivity index (χ2n) is 6.97. The van der Waals surface area contributed by atoms with E-state index in [0.29, 0.717) is 23.6 Å². The fraction of sp³-hybridized carbons (Fsp3) is 0.174. The van der Waals surface area contributed by atoms with Crippen molar-refractivity contribution >= 4 is 17.2 Å². The van der Waals surface area contributed by atoms with Crippen molar-refractivity contribution in [1.29, 1.82) is 0 Å². The third-order valence-corrected chi connectivity index (χ3v) is 5.63. The summed E-state index contributed by atoms with van der Waals surface area (Å²) in [7, 11) is 1.62. The van der Waals surface area contributed by atoms with Gasteiger partial charge in [0.2, 0.25) is 0 Å². The minimum Gasteiger partial charge on any atom is -0.497 e. The molecular formula is C23H22N4O2S. The molecule has 4 aromatic rings. The lowest BCUT2D eigenvalue weighted by Crippen LogP contribution is -2.23. The average Bonchev–Trinajstić information content (AvgIpc) is 3.39. The standard InChI is InChI=1S/C23H22N4O2S/c1-15-7-9-18(10-8-15)27-13-20(23(28)24-12-21-25-16(2)14-30-21)22(26-27)17-5-4-6-19(11-17)29-3/h4-11,13-14H,12H2,1-3H3,(H,24,28). The maximum atomic E-state index is 13.1. The maximum absolute atomic E-state index is 13.1. The third kappa shape index (κ3) is 4.26. The molecule has 0 unspecified atom stereocenters. The van der Waals surface area contributed by atoms with Gasteiger partial charge in [0.15, 0.2) is 0 Å². The van der Waals surface area contributed by atoms with E-state index in [-0.39, 0.29) is 5.91 Å². The van der Waals surface area contributed by atoms with Crippen LogP contribution in [0.25, 0.3) is 16.9 Å². The minimum atomic E-state index is -0.195. The van der Waals surface area contributed by atoms with Crippen molar-refractivity contribution in [3.8, 4) is 22.7 Å². The number of amides is 1. The van der Waals surface area contributed by atoms with Crippen molar-refractivity contribution in [2.75, 3.05) is 7.11 Å². The highest BCUT2D eigenvalue weighted by molar-refractivity contribution is 7.09. The number of ether oxygens (including phenoxy) is 1. The summed E-state index contributed by atoms with van der Waals surface area (Å²) in [6.45, 7) is 4.35. The molecule has 0 saturated carbocycles. The molecule has 152 valence electrons. The van der Waals surface area contributed by atoms with E-state index < -0.39 is 0 Å². The van der Waals surface area contributed by atoms with Crippen LogP contribution in [0.4, 0.5) is 0 Å². The van der Waals surface area contributed by atoms with E-state index in [1.165, 1.54) is 11.3 Å². The summed E-state index contributed by atoms with van der Waals surface area (Å²) < 4.78 is 7.08. The lowest BCUT2D eigenvalue weighted by Gasteiger charge is -2.05. The van der Waals surface area contributed by atoms with Gasteiger partial charge in [-0.05, 0) is 38.1 Å². The first-order chi connectivity index (χ1) is 14.5. The number of thiazole rings is 1. The van der Waals surface area contributed by atoms with Crippen LogP contribution in [0.5, 0.6) is 5.75 Å². The minimum absolute atomic E-state index is 0.195. The first kappa shape index (κ1) is 19.8. The Bertz CT molecular complexity index is 1180. The number of nitrogens with zero attached hydrogens (tertiary/aromatic N) is 3. The van der Waals surface area contributed by atoms with Crippen LogP contribution in [0.1, 0.15) is 26.6 Å². The monoisotopic (exact) mass is 418 g/mol. The molecule has 0 saturated heterocycles. The zero-order valence-corrected chi connectivity index (χ0v) is 17.9. The van der Waals surface area contributed by atoms with E-state index in [2.05, 4.69) is 10.3 Å². The van der Waals surface area contributed by atoms with Crippen LogP contribution in [0.15, 0.2) is 60.1 Å². The maximum Gasteiger partial charge on any atom is 0.255 e. The van der Waals surface area contributed by atoms with Gasteiger partial charge in [0, 0.05) is 22.8 Å². The molecule has 0 aliphatic heterocycles. The van der Waals surface area contributed by atoms with Gasteiger partial charge in [-0.1, -0.05) is 29.8 Å². The van der Waals surface area contributed by atoms with Crippen molar-refractivity contribution in [2.45, 2.75) is 20.4 Å². The summed E-state index contributed by atoms with van der Waals surface area (Å²) >= 11 is 1.53. The van der Waals surface area contributed by atoms with Crippen LogP contribution >= 0.6 is 11.3 Å². The Kier molecular flexibility index (Phi) is 5.63. The first-order valence-corrected chi connectivity index (χ1v) is 10.4. The van der Waals surface area contributed by atoms with Gasteiger partial charge >= 0.3 is 0 Å².